The fourth-order valence-corrected chi connectivity index (χ4v) is 3.68. The molecule has 1 amide bonds. The van der Waals surface area contributed by atoms with E-state index >= 15 is 0 Å². The van der Waals surface area contributed by atoms with E-state index < -0.39 is 0 Å². The molecule has 2 rings (SSSR count). The molecule has 2 heterocycles. The summed E-state index contributed by atoms with van der Waals surface area (Å²) < 4.78 is 0. The van der Waals surface area contributed by atoms with Gasteiger partial charge in [-0.25, -0.2) is 0 Å². The second-order valence-electron chi connectivity index (χ2n) is 4.61. The number of amides is 1. The van der Waals surface area contributed by atoms with Gasteiger partial charge in [0.1, 0.15) is 5.78 Å². The molecule has 0 bridgehead atoms. The maximum absolute atomic E-state index is 12.2. The summed E-state index contributed by atoms with van der Waals surface area (Å²) in [6.45, 7) is 3.33. The summed E-state index contributed by atoms with van der Waals surface area (Å²) in [6, 6.07) is 0. The van der Waals surface area contributed by atoms with Crippen LogP contribution in [0.5, 0.6) is 0 Å². The van der Waals surface area contributed by atoms with Gasteiger partial charge in [0, 0.05) is 25.4 Å². The van der Waals surface area contributed by atoms with Gasteiger partial charge in [0.05, 0.1) is 5.25 Å². The standard InChI is InChI=1S/C12H19NO2S/c1-2-9-8-13(6-5-10(9)14)12(15)11-4-3-7-16-11/h9,11H,2-8H2,1H3. The molecule has 0 aromatic heterocycles. The summed E-state index contributed by atoms with van der Waals surface area (Å²) in [6.07, 6.45) is 3.60. The largest absolute Gasteiger partial charge is 0.341 e. The minimum Gasteiger partial charge on any atom is -0.341 e. The molecule has 2 atom stereocenters. The number of carbonyl (C=O) groups excluding carboxylic acids is 2. The predicted molar refractivity (Wildman–Crippen MR) is 65.5 cm³/mol. The van der Waals surface area contributed by atoms with Crippen LogP contribution >= 0.6 is 11.8 Å². The third-order valence-corrected chi connectivity index (χ3v) is 4.90. The van der Waals surface area contributed by atoms with E-state index in [9.17, 15) is 9.59 Å². The van der Waals surface area contributed by atoms with Gasteiger partial charge in [-0.2, -0.15) is 0 Å². The first-order valence-corrected chi connectivity index (χ1v) is 7.20. The summed E-state index contributed by atoms with van der Waals surface area (Å²) in [5, 5.41) is 0.172. The predicted octanol–water partition coefficient (Wildman–Crippen LogP) is 1.71. The van der Waals surface area contributed by atoms with Gasteiger partial charge in [-0.3, -0.25) is 9.59 Å². The SMILES string of the molecule is CCC1CN(C(=O)C2CCCS2)CCC1=O. The first kappa shape index (κ1) is 12.0. The average Bonchev–Trinajstić information content (AvgIpc) is 2.82. The Bertz CT molecular complexity index is 287. The lowest BCUT2D eigenvalue weighted by Crippen LogP contribution is -2.46. The van der Waals surface area contributed by atoms with E-state index in [2.05, 4.69) is 0 Å². The number of carbonyl (C=O) groups is 2. The van der Waals surface area contributed by atoms with Gasteiger partial charge in [-0.05, 0) is 25.0 Å². The van der Waals surface area contributed by atoms with E-state index in [1.54, 1.807) is 11.8 Å². The second kappa shape index (κ2) is 5.21. The summed E-state index contributed by atoms with van der Waals surface area (Å²) in [5.41, 5.74) is 0. The highest BCUT2D eigenvalue weighted by molar-refractivity contribution is 8.00. The maximum atomic E-state index is 12.2. The van der Waals surface area contributed by atoms with Gasteiger partial charge in [-0.1, -0.05) is 6.92 Å². The molecule has 4 heteroatoms. The Morgan fingerprint density at radius 3 is 3.00 bits per heavy atom. The first-order valence-electron chi connectivity index (χ1n) is 6.15. The third-order valence-electron chi connectivity index (χ3n) is 3.53. The van der Waals surface area contributed by atoms with Crippen molar-refractivity contribution in [3.63, 3.8) is 0 Å². The van der Waals surface area contributed by atoms with E-state index in [0.717, 1.165) is 25.0 Å². The molecule has 2 fully saturated rings. The van der Waals surface area contributed by atoms with Crippen molar-refractivity contribution >= 4 is 23.5 Å². The quantitative estimate of drug-likeness (QED) is 0.738. The fourth-order valence-electron chi connectivity index (χ4n) is 2.44. The Kier molecular flexibility index (Phi) is 3.90. The summed E-state index contributed by atoms with van der Waals surface area (Å²) in [4.78, 5) is 25.6. The van der Waals surface area contributed by atoms with Crippen molar-refractivity contribution in [3.8, 4) is 0 Å². The maximum Gasteiger partial charge on any atom is 0.235 e. The minimum absolute atomic E-state index is 0.0871. The highest BCUT2D eigenvalue weighted by Crippen LogP contribution is 2.29. The Labute approximate surface area is 101 Å². The van der Waals surface area contributed by atoms with Crippen molar-refractivity contribution in [1.29, 1.82) is 0 Å². The number of piperidine rings is 1. The van der Waals surface area contributed by atoms with E-state index in [4.69, 9.17) is 0 Å². The van der Waals surface area contributed by atoms with Crippen molar-refractivity contribution in [2.45, 2.75) is 37.9 Å². The molecule has 2 unspecified atom stereocenters. The van der Waals surface area contributed by atoms with Crippen molar-refractivity contribution in [2.24, 2.45) is 5.92 Å². The lowest BCUT2D eigenvalue weighted by atomic mass is 9.94. The Morgan fingerprint density at radius 2 is 2.38 bits per heavy atom. The zero-order valence-electron chi connectivity index (χ0n) is 9.78. The zero-order chi connectivity index (χ0) is 11.5. The number of Topliss-reactive ketones (excluding diaryl/α,β-unsaturated/α-hetero) is 1. The molecule has 0 spiro atoms. The molecular formula is C12H19NO2S. The minimum atomic E-state index is 0.0871. The fraction of sp³-hybridized carbons (Fsp3) is 0.833. The van der Waals surface area contributed by atoms with Gasteiger partial charge in [-0.15, -0.1) is 11.8 Å². The van der Waals surface area contributed by atoms with Crippen LogP contribution in [0.2, 0.25) is 0 Å². The van der Waals surface area contributed by atoms with Crippen LogP contribution in [0.15, 0.2) is 0 Å². The average molecular weight is 241 g/mol. The van der Waals surface area contributed by atoms with E-state index in [0.29, 0.717) is 25.3 Å². The number of likely N-dealkylation sites (tertiary alicyclic amines) is 1. The van der Waals surface area contributed by atoms with Crippen molar-refractivity contribution in [1.82, 2.24) is 4.90 Å². The van der Waals surface area contributed by atoms with E-state index in [1.165, 1.54) is 0 Å². The van der Waals surface area contributed by atoms with Crippen LogP contribution in [0.4, 0.5) is 0 Å². The molecule has 0 radical (unpaired) electrons. The highest BCUT2D eigenvalue weighted by Gasteiger charge is 2.33. The van der Waals surface area contributed by atoms with Crippen molar-refractivity contribution in [3.05, 3.63) is 0 Å². The molecule has 2 aliphatic rings. The zero-order valence-corrected chi connectivity index (χ0v) is 10.6. The lowest BCUT2D eigenvalue weighted by molar-refractivity contribution is -0.136. The Hall–Kier alpha value is -0.510. The number of nitrogens with zero attached hydrogens (tertiary/aromatic N) is 1. The first-order chi connectivity index (χ1) is 7.72. The molecule has 0 aromatic carbocycles. The number of ketones is 1. The lowest BCUT2D eigenvalue weighted by Gasteiger charge is -2.32. The monoisotopic (exact) mass is 241 g/mol. The smallest absolute Gasteiger partial charge is 0.235 e. The molecule has 2 aliphatic heterocycles. The summed E-state index contributed by atoms with van der Waals surface area (Å²) in [5.74, 6) is 1.81. The van der Waals surface area contributed by atoms with Gasteiger partial charge >= 0.3 is 0 Å². The second-order valence-corrected chi connectivity index (χ2v) is 5.92. The molecule has 16 heavy (non-hydrogen) atoms. The van der Waals surface area contributed by atoms with Gasteiger partial charge in [0.25, 0.3) is 0 Å². The third kappa shape index (κ3) is 2.42. The number of hydrogen-bond donors (Lipinski definition) is 0. The summed E-state index contributed by atoms with van der Waals surface area (Å²) in [7, 11) is 0. The van der Waals surface area contributed by atoms with Crippen LogP contribution in [0.1, 0.15) is 32.6 Å². The number of thioether (sulfide) groups is 1. The van der Waals surface area contributed by atoms with Crippen LogP contribution < -0.4 is 0 Å². The molecule has 90 valence electrons. The highest BCUT2D eigenvalue weighted by atomic mass is 32.2. The molecule has 0 aromatic rings. The van der Waals surface area contributed by atoms with Crippen molar-refractivity contribution < 1.29 is 9.59 Å². The number of hydrogen-bond acceptors (Lipinski definition) is 3. The summed E-state index contributed by atoms with van der Waals surface area (Å²) >= 11 is 1.78. The van der Waals surface area contributed by atoms with Crippen molar-refractivity contribution in [2.75, 3.05) is 18.8 Å². The molecule has 0 aliphatic carbocycles. The van der Waals surface area contributed by atoms with Crippen LogP contribution in [0, 0.1) is 5.92 Å². The molecular weight excluding hydrogens is 222 g/mol. The molecule has 0 saturated carbocycles. The van der Waals surface area contributed by atoms with Crippen LogP contribution in [-0.4, -0.2) is 40.7 Å². The van der Waals surface area contributed by atoms with Gasteiger partial charge < -0.3 is 4.90 Å². The van der Waals surface area contributed by atoms with Crippen LogP contribution in [0.25, 0.3) is 0 Å². The molecule has 2 saturated heterocycles. The topological polar surface area (TPSA) is 37.4 Å². The Morgan fingerprint density at radius 1 is 1.56 bits per heavy atom. The number of rotatable bonds is 2. The normalized spacial score (nSPS) is 30.8. The van der Waals surface area contributed by atoms with Gasteiger partial charge in [0.2, 0.25) is 5.91 Å². The molecule has 0 N–H and O–H groups in total. The van der Waals surface area contributed by atoms with E-state index in [-0.39, 0.29) is 17.1 Å². The van der Waals surface area contributed by atoms with Crippen LogP contribution in [-0.2, 0) is 9.59 Å². The van der Waals surface area contributed by atoms with Crippen LogP contribution in [0.3, 0.4) is 0 Å². The Balaban J connectivity index is 1.94. The van der Waals surface area contributed by atoms with E-state index in [1.807, 2.05) is 11.8 Å². The van der Waals surface area contributed by atoms with Gasteiger partial charge in [0.15, 0.2) is 0 Å². The molecule has 3 nitrogen and oxygen atoms in total.